The summed E-state index contributed by atoms with van der Waals surface area (Å²) in [5.41, 5.74) is 1.50. The number of methoxy groups -OCH3 is 4. The highest BCUT2D eigenvalue weighted by molar-refractivity contribution is 7.92. The number of ether oxygens (including phenoxy) is 4. The Morgan fingerprint density at radius 3 is 2.06 bits per heavy atom. The molecule has 0 bridgehead atoms. The molecule has 0 saturated carbocycles. The first-order valence-corrected chi connectivity index (χ1v) is 17.6. The van der Waals surface area contributed by atoms with E-state index in [0.717, 1.165) is 9.87 Å². The topological polar surface area (TPSA) is 124 Å². The van der Waals surface area contributed by atoms with Crippen LogP contribution < -0.4 is 28.6 Å². The van der Waals surface area contributed by atoms with Gasteiger partial charge in [-0.2, -0.15) is 0 Å². The molecular weight excluding hydrogens is 682 g/mol. The number of sulfonamides is 1. The van der Waals surface area contributed by atoms with Crippen LogP contribution in [0.3, 0.4) is 0 Å². The van der Waals surface area contributed by atoms with Crippen LogP contribution in [0.1, 0.15) is 25.0 Å². The zero-order valence-corrected chi connectivity index (χ0v) is 30.5. The zero-order chi connectivity index (χ0) is 36.4. The maximum absolute atomic E-state index is 14.8. The van der Waals surface area contributed by atoms with E-state index in [1.807, 2.05) is 44.2 Å². The van der Waals surface area contributed by atoms with Crippen molar-refractivity contribution in [1.82, 2.24) is 10.2 Å². The molecule has 0 aliphatic rings. The lowest BCUT2D eigenvalue weighted by Crippen LogP contribution is -2.54. The van der Waals surface area contributed by atoms with Gasteiger partial charge in [-0.05, 0) is 67.4 Å². The molecule has 0 saturated heterocycles. The van der Waals surface area contributed by atoms with Crippen LogP contribution in [0.4, 0.5) is 5.69 Å². The second kappa shape index (κ2) is 17.1. The third-order valence-corrected chi connectivity index (χ3v) is 9.81. The lowest BCUT2D eigenvalue weighted by atomic mass is 10.0. The first-order valence-electron chi connectivity index (χ1n) is 15.8. The standard InChI is InChI=1S/C37H42ClN3O8S/c1-25(2)39-37(43)32(20-26-11-8-7-9-12-26)40(23-27-13-10-14-29(19-27)46-3)36(42)24-41(31-21-28(38)15-17-33(31)47-4)50(44,45)30-16-18-34(48-5)35(22-30)49-6/h7-19,21-22,25,32H,20,23-24H2,1-6H3,(H,39,43). The third-order valence-electron chi connectivity index (χ3n) is 7.82. The largest absolute Gasteiger partial charge is 0.497 e. The molecule has 0 aromatic heterocycles. The summed E-state index contributed by atoms with van der Waals surface area (Å²) in [5, 5.41) is 3.16. The van der Waals surface area contributed by atoms with Gasteiger partial charge in [0.05, 0.1) is 39.0 Å². The second-order valence-electron chi connectivity index (χ2n) is 11.6. The van der Waals surface area contributed by atoms with E-state index in [0.29, 0.717) is 17.1 Å². The van der Waals surface area contributed by atoms with Gasteiger partial charge < -0.3 is 29.2 Å². The average molecular weight is 724 g/mol. The Balaban J connectivity index is 1.89. The molecule has 1 unspecified atom stereocenters. The number of benzene rings is 4. The molecule has 0 aliphatic heterocycles. The van der Waals surface area contributed by atoms with Gasteiger partial charge in [-0.25, -0.2) is 8.42 Å². The molecule has 266 valence electrons. The van der Waals surface area contributed by atoms with Crippen LogP contribution in [0, 0.1) is 0 Å². The Kier molecular flexibility index (Phi) is 13.0. The normalized spacial score (nSPS) is 11.8. The van der Waals surface area contributed by atoms with Crippen LogP contribution in [0.5, 0.6) is 23.0 Å². The summed E-state index contributed by atoms with van der Waals surface area (Å²) in [4.78, 5) is 29.9. The summed E-state index contributed by atoms with van der Waals surface area (Å²) in [6.45, 7) is 2.91. The van der Waals surface area contributed by atoms with E-state index < -0.39 is 34.4 Å². The molecule has 4 aromatic carbocycles. The Hall–Kier alpha value is -4.94. The van der Waals surface area contributed by atoms with Gasteiger partial charge in [0, 0.05) is 30.1 Å². The van der Waals surface area contributed by atoms with Crippen molar-refractivity contribution in [2.24, 2.45) is 0 Å². The highest BCUT2D eigenvalue weighted by Gasteiger charge is 2.36. The first kappa shape index (κ1) is 37.9. The molecule has 50 heavy (non-hydrogen) atoms. The summed E-state index contributed by atoms with van der Waals surface area (Å²) in [6, 6.07) is 23.8. The van der Waals surface area contributed by atoms with Gasteiger partial charge in [-0.1, -0.05) is 54.1 Å². The molecule has 0 fully saturated rings. The Morgan fingerprint density at radius 1 is 0.760 bits per heavy atom. The molecule has 0 heterocycles. The van der Waals surface area contributed by atoms with Crippen LogP contribution in [0.2, 0.25) is 5.02 Å². The van der Waals surface area contributed by atoms with E-state index in [-0.39, 0.29) is 46.1 Å². The maximum atomic E-state index is 14.8. The summed E-state index contributed by atoms with van der Waals surface area (Å²) < 4.78 is 51.8. The van der Waals surface area contributed by atoms with Crippen LogP contribution in [0.15, 0.2) is 95.9 Å². The summed E-state index contributed by atoms with van der Waals surface area (Å²) in [6.07, 6.45) is 0.165. The van der Waals surface area contributed by atoms with Gasteiger partial charge in [0.1, 0.15) is 24.1 Å². The van der Waals surface area contributed by atoms with E-state index in [9.17, 15) is 18.0 Å². The van der Waals surface area contributed by atoms with E-state index in [4.69, 9.17) is 30.5 Å². The summed E-state index contributed by atoms with van der Waals surface area (Å²) >= 11 is 6.39. The molecule has 1 N–H and O–H groups in total. The number of hydrogen-bond acceptors (Lipinski definition) is 8. The van der Waals surface area contributed by atoms with Gasteiger partial charge in [-0.15, -0.1) is 0 Å². The van der Waals surface area contributed by atoms with Crippen LogP contribution in [-0.4, -0.2) is 72.2 Å². The molecule has 13 heteroatoms. The number of amides is 2. The fourth-order valence-electron chi connectivity index (χ4n) is 5.38. The molecule has 1 atom stereocenters. The Morgan fingerprint density at radius 2 is 1.42 bits per heavy atom. The molecule has 2 amide bonds. The number of rotatable bonds is 16. The number of hydrogen-bond donors (Lipinski definition) is 1. The lowest BCUT2D eigenvalue weighted by Gasteiger charge is -2.34. The number of halogens is 1. The molecule has 11 nitrogen and oxygen atoms in total. The van der Waals surface area contributed by atoms with Crippen molar-refractivity contribution in [1.29, 1.82) is 0 Å². The Bertz CT molecular complexity index is 1890. The molecule has 0 spiro atoms. The van der Waals surface area contributed by atoms with Gasteiger partial charge in [0.25, 0.3) is 10.0 Å². The van der Waals surface area contributed by atoms with Gasteiger partial charge in [0.2, 0.25) is 11.8 Å². The maximum Gasteiger partial charge on any atom is 0.265 e. The number of carbonyl (C=O) groups is 2. The van der Waals surface area contributed by atoms with E-state index in [1.54, 1.807) is 30.3 Å². The Labute approximate surface area is 298 Å². The summed E-state index contributed by atoms with van der Waals surface area (Å²) in [7, 11) is 1.24. The van der Waals surface area contributed by atoms with Crippen molar-refractivity contribution in [3.05, 3.63) is 107 Å². The quantitative estimate of drug-likeness (QED) is 0.156. The van der Waals surface area contributed by atoms with Gasteiger partial charge in [0.15, 0.2) is 11.5 Å². The van der Waals surface area contributed by atoms with Crippen LogP contribution in [0.25, 0.3) is 0 Å². The number of nitrogens with zero attached hydrogens (tertiary/aromatic N) is 2. The minimum atomic E-state index is -4.51. The second-order valence-corrected chi connectivity index (χ2v) is 13.9. The highest BCUT2D eigenvalue weighted by atomic mass is 35.5. The van der Waals surface area contributed by atoms with Crippen molar-refractivity contribution < 1.29 is 37.0 Å². The predicted octanol–water partition coefficient (Wildman–Crippen LogP) is 5.73. The van der Waals surface area contributed by atoms with Crippen molar-refractivity contribution in [3.8, 4) is 23.0 Å². The fraction of sp³-hybridized carbons (Fsp3) is 0.297. The van der Waals surface area contributed by atoms with Crippen LogP contribution in [-0.2, 0) is 32.6 Å². The summed E-state index contributed by atoms with van der Waals surface area (Å²) in [5.74, 6) is 0.157. The fourth-order valence-corrected chi connectivity index (χ4v) is 6.98. The molecular formula is C37H42ClN3O8S. The van der Waals surface area contributed by atoms with E-state index in [1.165, 1.54) is 63.7 Å². The van der Waals surface area contributed by atoms with Gasteiger partial charge >= 0.3 is 0 Å². The number of anilines is 1. The van der Waals surface area contributed by atoms with Crippen molar-refractivity contribution >= 4 is 39.1 Å². The van der Waals surface area contributed by atoms with E-state index >= 15 is 0 Å². The lowest BCUT2D eigenvalue weighted by molar-refractivity contribution is -0.140. The van der Waals surface area contributed by atoms with E-state index in [2.05, 4.69) is 5.32 Å². The third kappa shape index (κ3) is 9.19. The minimum Gasteiger partial charge on any atom is -0.497 e. The smallest absolute Gasteiger partial charge is 0.265 e. The number of carbonyl (C=O) groups excluding carboxylic acids is 2. The monoisotopic (exact) mass is 723 g/mol. The van der Waals surface area contributed by atoms with Crippen molar-refractivity contribution in [2.75, 3.05) is 39.3 Å². The van der Waals surface area contributed by atoms with Crippen molar-refractivity contribution in [2.45, 2.75) is 43.8 Å². The molecule has 0 radical (unpaired) electrons. The SMILES string of the molecule is COc1cccc(CN(C(=O)CN(c2cc(Cl)ccc2OC)S(=O)(=O)c2ccc(OC)c(OC)c2)C(Cc2ccccc2)C(=O)NC(C)C)c1. The predicted molar refractivity (Wildman–Crippen MR) is 193 cm³/mol. The molecule has 4 aromatic rings. The highest BCUT2D eigenvalue weighted by Crippen LogP contribution is 2.37. The van der Waals surface area contributed by atoms with Crippen LogP contribution >= 0.6 is 11.6 Å². The molecule has 0 aliphatic carbocycles. The zero-order valence-electron chi connectivity index (χ0n) is 28.9. The number of nitrogens with one attached hydrogen (secondary N) is 1. The van der Waals surface area contributed by atoms with Crippen molar-refractivity contribution in [3.63, 3.8) is 0 Å². The molecule has 4 rings (SSSR count). The first-order chi connectivity index (χ1) is 23.9. The average Bonchev–Trinajstić information content (AvgIpc) is 3.11. The minimum absolute atomic E-state index is 0.0238. The van der Waals surface area contributed by atoms with Gasteiger partial charge in [-0.3, -0.25) is 13.9 Å².